The van der Waals surface area contributed by atoms with Crippen LogP contribution < -0.4 is 5.32 Å². The maximum absolute atomic E-state index is 5.83. The molecule has 0 aliphatic rings. The topological polar surface area (TPSA) is 37.8 Å². The summed E-state index contributed by atoms with van der Waals surface area (Å²) in [6, 6.07) is 0. The largest absolute Gasteiger partial charge is 0.369 e. The van der Waals surface area contributed by atoms with Gasteiger partial charge < -0.3 is 5.32 Å². The van der Waals surface area contributed by atoms with E-state index >= 15 is 0 Å². The molecule has 0 unspecified atom stereocenters. The second-order valence-electron chi connectivity index (χ2n) is 2.56. The molecule has 0 aliphatic carbocycles. The molecule has 0 amide bonds. The molecule has 0 aromatic carbocycles. The van der Waals surface area contributed by atoms with Crippen molar-refractivity contribution in [1.29, 1.82) is 0 Å². The predicted octanol–water partition coefficient (Wildman–Crippen LogP) is 2.21. The van der Waals surface area contributed by atoms with E-state index in [1.54, 1.807) is 11.8 Å². The standard InChI is InChI=1S/C8H12ClN3S/c1-6-7(9)11-5-12-8(6)10-3-4-13-2/h5H,3-4H2,1-2H3,(H,10,11,12). The predicted molar refractivity (Wildman–Crippen MR) is 58.7 cm³/mol. The minimum Gasteiger partial charge on any atom is -0.369 e. The van der Waals surface area contributed by atoms with E-state index in [-0.39, 0.29) is 0 Å². The van der Waals surface area contributed by atoms with Gasteiger partial charge in [-0.3, -0.25) is 0 Å². The Labute approximate surface area is 87.3 Å². The molecule has 1 N–H and O–H groups in total. The molecule has 0 bridgehead atoms. The van der Waals surface area contributed by atoms with Crippen LogP contribution in [0, 0.1) is 6.92 Å². The molecule has 0 saturated heterocycles. The van der Waals surface area contributed by atoms with Crippen LogP contribution in [-0.2, 0) is 0 Å². The first-order chi connectivity index (χ1) is 6.25. The molecule has 5 heteroatoms. The molecule has 72 valence electrons. The smallest absolute Gasteiger partial charge is 0.137 e. The third kappa shape index (κ3) is 3.04. The molecule has 0 atom stereocenters. The van der Waals surface area contributed by atoms with Gasteiger partial charge in [0.25, 0.3) is 0 Å². The van der Waals surface area contributed by atoms with Gasteiger partial charge in [-0.15, -0.1) is 0 Å². The van der Waals surface area contributed by atoms with Crippen LogP contribution in [0.25, 0.3) is 0 Å². The third-order valence-corrected chi connectivity index (χ3v) is 2.61. The summed E-state index contributed by atoms with van der Waals surface area (Å²) in [6.45, 7) is 2.80. The highest BCUT2D eigenvalue weighted by molar-refractivity contribution is 7.98. The second-order valence-corrected chi connectivity index (χ2v) is 3.90. The van der Waals surface area contributed by atoms with E-state index in [1.165, 1.54) is 6.33 Å². The zero-order valence-corrected chi connectivity index (χ0v) is 9.24. The number of aromatic nitrogens is 2. The van der Waals surface area contributed by atoms with Gasteiger partial charge in [0, 0.05) is 17.9 Å². The lowest BCUT2D eigenvalue weighted by molar-refractivity contribution is 1.09. The van der Waals surface area contributed by atoms with Crippen LogP contribution in [-0.4, -0.2) is 28.5 Å². The third-order valence-electron chi connectivity index (χ3n) is 1.62. The van der Waals surface area contributed by atoms with E-state index in [0.717, 1.165) is 23.7 Å². The molecular formula is C8H12ClN3S. The van der Waals surface area contributed by atoms with Crippen molar-refractivity contribution in [2.24, 2.45) is 0 Å². The van der Waals surface area contributed by atoms with Crippen LogP contribution in [0.3, 0.4) is 0 Å². The Morgan fingerprint density at radius 1 is 1.54 bits per heavy atom. The van der Waals surface area contributed by atoms with Crippen molar-refractivity contribution in [2.75, 3.05) is 23.9 Å². The molecule has 1 aromatic rings. The summed E-state index contributed by atoms with van der Waals surface area (Å²) in [5.41, 5.74) is 0.908. The Balaban J connectivity index is 2.61. The quantitative estimate of drug-likeness (QED) is 0.620. The van der Waals surface area contributed by atoms with E-state index in [9.17, 15) is 0 Å². The molecule has 1 heterocycles. The lowest BCUT2D eigenvalue weighted by Gasteiger charge is -2.07. The summed E-state index contributed by atoms with van der Waals surface area (Å²) < 4.78 is 0. The van der Waals surface area contributed by atoms with Gasteiger partial charge in [0.15, 0.2) is 0 Å². The van der Waals surface area contributed by atoms with E-state index in [2.05, 4.69) is 21.5 Å². The van der Waals surface area contributed by atoms with Crippen LogP contribution in [0.1, 0.15) is 5.56 Å². The Morgan fingerprint density at radius 2 is 2.31 bits per heavy atom. The first-order valence-corrected chi connectivity index (χ1v) is 5.72. The summed E-state index contributed by atoms with van der Waals surface area (Å²) >= 11 is 7.62. The highest BCUT2D eigenvalue weighted by Gasteiger charge is 2.02. The van der Waals surface area contributed by atoms with Gasteiger partial charge >= 0.3 is 0 Å². The molecule has 0 aliphatic heterocycles. The summed E-state index contributed by atoms with van der Waals surface area (Å²) in [6.07, 6.45) is 3.54. The number of anilines is 1. The van der Waals surface area contributed by atoms with Crippen molar-refractivity contribution < 1.29 is 0 Å². The molecule has 0 spiro atoms. The lowest BCUT2D eigenvalue weighted by Crippen LogP contribution is -2.07. The summed E-state index contributed by atoms with van der Waals surface area (Å²) in [4.78, 5) is 7.97. The van der Waals surface area contributed by atoms with Gasteiger partial charge in [-0.05, 0) is 13.2 Å². The molecule has 13 heavy (non-hydrogen) atoms. The average molecular weight is 218 g/mol. The molecule has 1 rings (SSSR count). The lowest BCUT2D eigenvalue weighted by atomic mass is 10.3. The molecule has 0 radical (unpaired) electrons. The van der Waals surface area contributed by atoms with Gasteiger partial charge in [-0.2, -0.15) is 11.8 Å². The van der Waals surface area contributed by atoms with Crippen LogP contribution in [0.2, 0.25) is 5.15 Å². The van der Waals surface area contributed by atoms with E-state index < -0.39 is 0 Å². The highest BCUT2D eigenvalue weighted by atomic mass is 35.5. The Morgan fingerprint density at radius 3 is 3.00 bits per heavy atom. The van der Waals surface area contributed by atoms with Crippen molar-refractivity contribution in [1.82, 2.24) is 9.97 Å². The van der Waals surface area contributed by atoms with Crippen LogP contribution in [0.4, 0.5) is 5.82 Å². The van der Waals surface area contributed by atoms with Gasteiger partial charge in [-0.25, -0.2) is 9.97 Å². The molecular weight excluding hydrogens is 206 g/mol. The van der Waals surface area contributed by atoms with Crippen LogP contribution >= 0.6 is 23.4 Å². The molecule has 0 saturated carbocycles. The number of hydrogen-bond acceptors (Lipinski definition) is 4. The maximum Gasteiger partial charge on any atom is 0.137 e. The van der Waals surface area contributed by atoms with E-state index in [1.807, 2.05) is 6.92 Å². The van der Waals surface area contributed by atoms with Gasteiger partial charge in [0.2, 0.25) is 0 Å². The Bertz CT molecular complexity index is 280. The fourth-order valence-corrected chi connectivity index (χ4v) is 1.32. The SMILES string of the molecule is CSCCNc1ncnc(Cl)c1C. The number of halogens is 1. The first-order valence-electron chi connectivity index (χ1n) is 3.95. The fraction of sp³-hybridized carbons (Fsp3) is 0.500. The maximum atomic E-state index is 5.83. The van der Waals surface area contributed by atoms with Gasteiger partial charge in [-0.1, -0.05) is 11.6 Å². The van der Waals surface area contributed by atoms with Crippen molar-refractivity contribution in [2.45, 2.75) is 6.92 Å². The van der Waals surface area contributed by atoms with E-state index in [4.69, 9.17) is 11.6 Å². The summed E-state index contributed by atoms with van der Waals surface area (Å²) in [5.74, 6) is 1.88. The first kappa shape index (κ1) is 10.6. The minimum atomic E-state index is 0.515. The molecule has 1 aromatic heterocycles. The Kier molecular flexibility index (Phi) is 4.32. The zero-order chi connectivity index (χ0) is 9.68. The van der Waals surface area contributed by atoms with Gasteiger partial charge in [0.05, 0.1) is 0 Å². The van der Waals surface area contributed by atoms with Gasteiger partial charge in [0.1, 0.15) is 17.3 Å². The number of hydrogen-bond donors (Lipinski definition) is 1. The Hall–Kier alpha value is -0.480. The minimum absolute atomic E-state index is 0.515. The summed E-state index contributed by atoms with van der Waals surface area (Å²) in [5, 5.41) is 3.71. The normalized spacial score (nSPS) is 10.1. The monoisotopic (exact) mass is 217 g/mol. The van der Waals surface area contributed by atoms with Crippen LogP contribution in [0.5, 0.6) is 0 Å². The number of rotatable bonds is 4. The van der Waals surface area contributed by atoms with Crippen molar-refractivity contribution >= 4 is 29.2 Å². The zero-order valence-electron chi connectivity index (χ0n) is 7.67. The summed E-state index contributed by atoms with van der Waals surface area (Å²) in [7, 11) is 0. The second kappa shape index (κ2) is 5.29. The van der Waals surface area contributed by atoms with Crippen molar-refractivity contribution in [3.63, 3.8) is 0 Å². The molecule has 3 nitrogen and oxygen atoms in total. The molecule has 0 fully saturated rings. The fourth-order valence-electron chi connectivity index (χ4n) is 0.878. The van der Waals surface area contributed by atoms with E-state index in [0.29, 0.717) is 5.15 Å². The van der Waals surface area contributed by atoms with Crippen molar-refractivity contribution in [3.05, 3.63) is 17.0 Å². The highest BCUT2D eigenvalue weighted by Crippen LogP contribution is 2.17. The average Bonchev–Trinajstić information content (AvgIpc) is 2.13. The number of nitrogens with zero attached hydrogens (tertiary/aromatic N) is 2. The number of thioether (sulfide) groups is 1. The van der Waals surface area contributed by atoms with Crippen molar-refractivity contribution in [3.8, 4) is 0 Å². The number of nitrogens with one attached hydrogen (secondary N) is 1. The van der Waals surface area contributed by atoms with Crippen LogP contribution in [0.15, 0.2) is 6.33 Å².